The van der Waals surface area contributed by atoms with Gasteiger partial charge in [0.15, 0.2) is 5.96 Å². The van der Waals surface area contributed by atoms with E-state index in [0.717, 1.165) is 12.1 Å². The number of anilines is 1. The monoisotopic (exact) mass is 343 g/mol. The zero-order valence-corrected chi connectivity index (χ0v) is 13.8. The van der Waals surface area contributed by atoms with Crippen molar-refractivity contribution in [3.8, 4) is 0 Å². The third-order valence-corrected chi connectivity index (χ3v) is 3.14. The standard InChI is InChI=1S/C15H15Cl2N3.ClH/c1-2-10-4-3-5-13(6-10)19-15(18)20-14-8-11(16)7-12(17)9-14;/h3-9H,2H2,1H3,(H3,18,19,20);1H. The van der Waals surface area contributed by atoms with Crippen molar-refractivity contribution < 1.29 is 0 Å². The van der Waals surface area contributed by atoms with Gasteiger partial charge in [-0.1, -0.05) is 42.3 Å². The van der Waals surface area contributed by atoms with Crippen LogP contribution in [0.1, 0.15) is 12.5 Å². The van der Waals surface area contributed by atoms with Crippen molar-refractivity contribution in [2.24, 2.45) is 10.7 Å². The van der Waals surface area contributed by atoms with Crippen molar-refractivity contribution in [3.05, 3.63) is 58.1 Å². The molecule has 0 heterocycles. The average Bonchev–Trinajstić information content (AvgIpc) is 2.37. The van der Waals surface area contributed by atoms with E-state index in [0.29, 0.717) is 15.7 Å². The molecule has 0 bridgehead atoms. The molecule has 0 aromatic heterocycles. The Morgan fingerprint density at radius 3 is 2.43 bits per heavy atom. The Hall–Kier alpha value is -1.42. The number of rotatable bonds is 3. The Morgan fingerprint density at radius 1 is 1.14 bits per heavy atom. The number of aliphatic imine (C=N–C) groups is 1. The van der Waals surface area contributed by atoms with E-state index in [-0.39, 0.29) is 18.4 Å². The minimum atomic E-state index is 0. The summed E-state index contributed by atoms with van der Waals surface area (Å²) in [5.41, 5.74) is 8.61. The summed E-state index contributed by atoms with van der Waals surface area (Å²) in [4.78, 5) is 4.32. The lowest BCUT2D eigenvalue weighted by Gasteiger charge is -2.07. The number of benzene rings is 2. The summed E-state index contributed by atoms with van der Waals surface area (Å²) in [5.74, 6) is 0.289. The van der Waals surface area contributed by atoms with E-state index in [1.807, 2.05) is 18.2 Å². The van der Waals surface area contributed by atoms with Crippen LogP contribution in [0, 0.1) is 0 Å². The fraction of sp³-hybridized carbons (Fsp3) is 0.133. The minimum absolute atomic E-state index is 0. The van der Waals surface area contributed by atoms with Crippen LogP contribution < -0.4 is 11.1 Å². The molecule has 2 aromatic carbocycles. The van der Waals surface area contributed by atoms with Crippen LogP contribution in [0.4, 0.5) is 11.4 Å². The lowest BCUT2D eigenvalue weighted by Crippen LogP contribution is -2.21. The SMILES string of the molecule is CCc1cccc(N=C(N)Nc2cc(Cl)cc(Cl)c2)c1.Cl. The van der Waals surface area contributed by atoms with Crippen LogP contribution in [0.2, 0.25) is 10.0 Å². The van der Waals surface area contributed by atoms with Gasteiger partial charge in [0.25, 0.3) is 0 Å². The molecule has 0 aliphatic carbocycles. The van der Waals surface area contributed by atoms with Gasteiger partial charge in [0, 0.05) is 15.7 Å². The number of nitrogens with zero attached hydrogens (tertiary/aromatic N) is 1. The quantitative estimate of drug-likeness (QED) is 0.605. The predicted octanol–water partition coefficient (Wildman–Crippen LogP) is 5.04. The molecule has 0 saturated carbocycles. The predicted molar refractivity (Wildman–Crippen MR) is 94.4 cm³/mol. The number of hydrogen-bond acceptors (Lipinski definition) is 1. The summed E-state index contributed by atoms with van der Waals surface area (Å²) in [6, 6.07) is 13.0. The Balaban J connectivity index is 0.00000220. The fourth-order valence-corrected chi connectivity index (χ4v) is 2.31. The Kier molecular flexibility index (Phi) is 6.82. The molecule has 0 fully saturated rings. The summed E-state index contributed by atoms with van der Waals surface area (Å²) < 4.78 is 0. The van der Waals surface area contributed by atoms with Crippen molar-refractivity contribution in [1.82, 2.24) is 0 Å². The maximum atomic E-state index is 5.93. The molecule has 3 N–H and O–H groups in total. The van der Waals surface area contributed by atoms with Crippen LogP contribution in [0.3, 0.4) is 0 Å². The number of aryl methyl sites for hydroxylation is 1. The Bertz CT molecular complexity index is 622. The fourth-order valence-electron chi connectivity index (χ4n) is 1.79. The summed E-state index contributed by atoms with van der Waals surface area (Å²) >= 11 is 11.9. The molecule has 0 saturated heterocycles. The Morgan fingerprint density at radius 2 is 1.81 bits per heavy atom. The van der Waals surface area contributed by atoms with Crippen LogP contribution in [0.25, 0.3) is 0 Å². The van der Waals surface area contributed by atoms with Gasteiger partial charge in [0.05, 0.1) is 5.69 Å². The van der Waals surface area contributed by atoms with E-state index in [4.69, 9.17) is 28.9 Å². The highest BCUT2D eigenvalue weighted by Gasteiger charge is 2.00. The lowest BCUT2D eigenvalue weighted by atomic mass is 10.1. The van der Waals surface area contributed by atoms with Crippen molar-refractivity contribution in [2.45, 2.75) is 13.3 Å². The highest BCUT2D eigenvalue weighted by atomic mass is 35.5. The molecular formula is C15H16Cl3N3. The van der Waals surface area contributed by atoms with Gasteiger partial charge in [0.1, 0.15) is 0 Å². The van der Waals surface area contributed by atoms with Crippen molar-refractivity contribution in [3.63, 3.8) is 0 Å². The maximum absolute atomic E-state index is 5.93. The molecule has 0 aliphatic heterocycles. The molecule has 0 spiro atoms. The normalized spacial score (nSPS) is 10.9. The van der Waals surface area contributed by atoms with Crippen LogP contribution in [-0.2, 0) is 6.42 Å². The molecule has 3 nitrogen and oxygen atoms in total. The minimum Gasteiger partial charge on any atom is -0.369 e. The van der Waals surface area contributed by atoms with Gasteiger partial charge in [-0.3, -0.25) is 0 Å². The zero-order chi connectivity index (χ0) is 14.5. The molecule has 6 heteroatoms. The molecule has 0 aliphatic rings. The highest BCUT2D eigenvalue weighted by molar-refractivity contribution is 6.35. The van der Waals surface area contributed by atoms with E-state index in [1.54, 1.807) is 18.2 Å². The lowest BCUT2D eigenvalue weighted by molar-refractivity contribution is 1.14. The average molecular weight is 345 g/mol. The largest absolute Gasteiger partial charge is 0.369 e. The molecule has 2 rings (SSSR count). The van der Waals surface area contributed by atoms with E-state index in [9.17, 15) is 0 Å². The molecule has 0 unspecified atom stereocenters. The molecule has 21 heavy (non-hydrogen) atoms. The first-order valence-electron chi connectivity index (χ1n) is 6.23. The second-order valence-electron chi connectivity index (χ2n) is 4.30. The molecular weight excluding hydrogens is 329 g/mol. The van der Waals surface area contributed by atoms with Gasteiger partial charge in [-0.15, -0.1) is 12.4 Å². The van der Waals surface area contributed by atoms with Crippen molar-refractivity contribution in [2.75, 3.05) is 5.32 Å². The topological polar surface area (TPSA) is 50.4 Å². The summed E-state index contributed by atoms with van der Waals surface area (Å²) in [7, 11) is 0. The van der Waals surface area contributed by atoms with Gasteiger partial charge in [0.2, 0.25) is 0 Å². The van der Waals surface area contributed by atoms with Crippen molar-refractivity contribution in [1.29, 1.82) is 0 Å². The maximum Gasteiger partial charge on any atom is 0.198 e. The first-order chi connectivity index (χ1) is 9.56. The molecule has 0 radical (unpaired) electrons. The van der Waals surface area contributed by atoms with Gasteiger partial charge in [-0.25, -0.2) is 4.99 Å². The summed E-state index contributed by atoms with van der Waals surface area (Å²) in [6.07, 6.45) is 0.959. The zero-order valence-electron chi connectivity index (χ0n) is 11.4. The van der Waals surface area contributed by atoms with Gasteiger partial charge >= 0.3 is 0 Å². The summed E-state index contributed by atoms with van der Waals surface area (Å²) in [6.45, 7) is 2.10. The third kappa shape index (κ3) is 5.46. The second kappa shape index (κ2) is 8.13. The number of nitrogens with two attached hydrogens (primary N) is 1. The summed E-state index contributed by atoms with van der Waals surface area (Å²) in [5, 5.41) is 4.05. The first kappa shape index (κ1) is 17.6. The first-order valence-corrected chi connectivity index (χ1v) is 6.98. The molecule has 112 valence electrons. The highest BCUT2D eigenvalue weighted by Crippen LogP contribution is 2.22. The molecule has 0 amide bonds. The number of hydrogen-bond donors (Lipinski definition) is 2. The van der Waals surface area contributed by atoms with Crippen molar-refractivity contribution >= 4 is 52.9 Å². The van der Waals surface area contributed by atoms with Gasteiger partial charge in [-0.2, -0.15) is 0 Å². The molecule has 2 aromatic rings. The van der Waals surface area contributed by atoms with Crippen LogP contribution >= 0.6 is 35.6 Å². The van der Waals surface area contributed by atoms with E-state index >= 15 is 0 Å². The third-order valence-electron chi connectivity index (χ3n) is 2.70. The van der Waals surface area contributed by atoms with Crippen LogP contribution in [0.5, 0.6) is 0 Å². The Labute approximate surface area is 140 Å². The van der Waals surface area contributed by atoms with E-state index < -0.39 is 0 Å². The van der Waals surface area contributed by atoms with Crippen LogP contribution in [0.15, 0.2) is 47.5 Å². The second-order valence-corrected chi connectivity index (χ2v) is 5.18. The van der Waals surface area contributed by atoms with Gasteiger partial charge < -0.3 is 11.1 Å². The smallest absolute Gasteiger partial charge is 0.198 e. The van der Waals surface area contributed by atoms with E-state index in [1.165, 1.54) is 5.56 Å². The molecule has 0 atom stereocenters. The number of nitrogens with one attached hydrogen (secondary N) is 1. The van der Waals surface area contributed by atoms with E-state index in [2.05, 4.69) is 23.3 Å². The van der Waals surface area contributed by atoms with Gasteiger partial charge in [-0.05, 0) is 42.3 Å². The number of halogens is 3. The van der Waals surface area contributed by atoms with Crippen LogP contribution in [-0.4, -0.2) is 5.96 Å². The number of guanidine groups is 1.